The average Bonchev–Trinajstić information content (AvgIpc) is 2.95. The first kappa shape index (κ1) is 16.9. The van der Waals surface area contributed by atoms with Crippen molar-refractivity contribution in [3.8, 4) is 11.5 Å². The number of aromatic nitrogens is 1. The van der Waals surface area contributed by atoms with E-state index in [1.54, 1.807) is 14.2 Å². The predicted octanol–water partition coefficient (Wildman–Crippen LogP) is 3.35. The SMILES string of the molecule is COc1cccc(CNC(=O)Cc2c(C)[nH]c3ccccc23)c1OC. The molecule has 5 heteroatoms. The summed E-state index contributed by atoms with van der Waals surface area (Å²) in [6.07, 6.45) is 0.335. The summed E-state index contributed by atoms with van der Waals surface area (Å²) in [5.41, 5.74) is 3.99. The number of carbonyl (C=O) groups is 1. The lowest BCUT2D eigenvalue weighted by Crippen LogP contribution is -2.25. The smallest absolute Gasteiger partial charge is 0.224 e. The van der Waals surface area contributed by atoms with E-state index in [9.17, 15) is 4.79 Å². The molecule has 2 N–H and O–H groups in total. The van der Waals surface area contributed by atoms with Crippen molar-refractivity contribution in [3.05, 3.63) is 59.3 Å². The van der Waals surface area contributed by atoms with Gasteiger partial charge in [0.25, 0.3) is 0 Å². The van der Waals surface area contributed by atoms with Crippen LogP contribution in [0.3, 0.4) is 0 Å². The van der Waals surface area contributed by atoms with Gasteiger partial charge in [0, 0.05) is 28.7 Å². The number of fused-ring (bicyclic) bond motifs is 1. The second kappa shape index (κ2) is 7.30. The Morgan fingerprint density at radius 1 is 1.08 bits per heavy atom. The van der Waals surface area contributed by atoms with Crippen LogP contribution >= 0.6 is 0 Å². The summed E-state index contributed by atoms with van der Waals surface area (Å²) in [7, 11) is 3.19. The zero-order valence-electron chi connectivity index (χ0n) is 14.7. The van der Waals surface area contributed by atoms with Gasteiger partial charge in [-0.25, -0.2) is 0 Å². The van der Waals surface area contributed by atoms with Crippen LogP contribution in [0.25, 0.3) is 10.9 Å². The highest BCUT2D eigenvalue weighted by Gasteiger charge is 2.14. The summed E-state index contributed by atoms with van der Waals surface area (Å²) in [4.78, 5) is 15.8. The first-order valence-electron chi connectivity index (χ1n) is 8.16. The Hall–Kier alpha value is -2.95. The zero-order valence-corrected chi connectivity index (χ0v) is 14.7. The van der Waals surface area contributed by atoms with E-state index >= 15 is 0 Å². The normalized spacial score (nSPS) is 10.7. The third kappa shape index (κ3) is 3.45. The van der Waals surface area contributed by atoms with E-state index in [-0.39, 0.29) is 5.91 Å². The molecular formula is C20H22N2O3. The number of methoxy groups -OCH3 is 2. The van der Waals surface area contributed by atoms with Crippen molar-refractivity contribution in [2.24, 2.45) is 0 Å². The van der Waals surface area contributed by atoms with Crippen LogP contribution in [-0.2, 0) is 17.8 Å². The summed E-state index contributed by atoms with van der Waals surface area (Å²) in [6.45, 7) is 2.38. The molecule has 130 valence electrons. The second-order valence-corrected chi connectivity index (χ2v) is 5.88. The van der Waals surface area contributed by atoms with Crippen molar-refractivity contribution < 1.29 is 14.3 Å². The van der Waals surface area contributed by atoms with Crippen LogP contribution < -0.4 is 14.8 Å². The molecule has 0 atom stereocenters. The van der Waals surface area contributed by atoms with Gasteiger partial charge in [-0.1, -0.05) is 30.3 Å². The highest BCUT2D eigenvalue weighted by atomic mass is 16.5. The molecule has 1 amide bonds. The molecule has 0 radical (unpaired) electrons. The van der Waals surface area contributed by atoms with E-state index in [1.165, 1.54) is 0 Å². The Labute approximate surface area is 147 Å². The maximum atomic E-state index is 12.4. The van der Waals surface area contributed by atoms with Crippen molar-refractivity contribution in [3.63, 3.8) is 0 Å². The fourth-order valence-electron chi connectivity index (χ4n) is 3.07. The van der Waals surface area contributed by atoms with Crippen molar-refractivity contribution in [1.82, 2.24) is 10.3 Å². The van der Waals surface area contributed by atoms with Gasteiger partial charge >= 0.3 is 0 Å². The van der Waals surface area contributed by atoms with Crippen molar-refractivity contribution in [2.75, 3.05) is 14.2 Å². The van der Waals surface area contributed by atoms with Gasteiger partial charge in [-0.3, -0.25) is 4.79 Å². The molecule has 1 heterocycles. The Bertz CT molecular complexity index is 899. The van der Waals surface area contributed by atoms with E-state index < -0.39 is 0 Å². The van der Waals surface area contributed by atoms with Crippen LogP contribution in [0.15, 0.2) is 42.5 Å². The molecule has 0 bridgehead atoms. The van der Waals surface area contributed by atoms with Gasteiger partial charge in [0.2, 0.25) is 5.91 Å². The predicted molar refractivity (Wildman–Crippen MR) is 98.1 cm³/mol. The fraction of sp³-hybridized carbons (Fsp3) is 0.250. The second-order valence-electron chi connectivity index (χ2n) is 5.88. The van der Waals surface area contributed by atoms with Crippen LogP contribution in [-0.4, -0.2) is 25.1 Å². The number of carbonyl (C=O) groups excluding carboxylic acids is 1. The molecule has 0 aliphatic heterocycles. The molecule has 1 aromatic heterocycles. The monoisotopic (exact) mass is 338 g/mol. The summed E-state index contributed by atoms with van der Waals surface area (Å²) < 4.78 is 10.7. The first-order chi connectivity index (χ1) is 12.1. The molecule has 2 aromatic carbocycles. The Balaban J connectivity index is 1.72. The summed E-state index contributed by atoms with van der Waals surface area (Å²) in [5, 5.41) is 4.06. The quantitative estimate of drug-likeness (QED) is 0.724. The summed E-state index contributed by atoms with van der Waals surface area (Å²) >= 11 is 0. The van der Waals surface area contributed by atoms with E-state index in [1.807, 2.05) is 49.4 Å². The van der Waals surface area contributed by atoms with Crippen LogP contribution in [0.4, 0.5) is 0 Å². The lowest BCUT2D eigenvalue weighted by molar-refractivity contribution is -0.120. The highest BCUT2D eigenvalue weighted by molar-refractivity contribution is 5.90. The number of ether oxygens (including phenoxy) is 2. The average molecular weight is 338 g/mol. The van der Waals surface area contributed by atoms with E-state index in [0.717, 1.165) is 27.7 Å². The fourth-order valence-corrected chi connectivity index (χ4v) is 3.07. The van der Waals surface area contributed by atoms with Gasteiger partial charge in [-0.15, -0.1) is 0 Å². The number of hydrogen-bond donors (Lipinski definition) is 2. The third-order valence-electron chi connectivity index (χ3n) is 4.32. The summed E-state index contributed by atoms with van der Waals surface area (Å²) in [5.74, 6) is 1.27. The lowest BCUT2D eigenvalue weighted by atomic mass is 10.1. The number of amides is 1. The number of rotatable bonds is 6. The standard InChI is InChI=1S/C20H22N2O3/c1-13-16(15-8-4-5-9-17(15)22-13)11-19(23)21-12-14-7-6-10-18(24-2)20(14)25-3/h4-10,22H,11-12H2,1-3H3,(H,21,23). The number of aromatic amines is 1. The Morgan fingerprint density at radius 3 is 2.64 bits per heavy atom. The van der Waals surface area contributed by atoms with E-state index in [4.69, 9.17) is 9.47 Å². The number of H-pyrrole nitrogens is 1. The Kier molecular flexibility index (Phi) is 4.93. The minimum absolute atomic E-state index is 0.0299. The lowest BCUT2D eigenvalue weighted by Gasteiger charge is -2.13. The number of para-hydroxylation sites is 2. The maximum Gasteiger partial charge on any atom is 0.224 e. The van der Waals surface area contributed by atoms with Gasteiger partial charge in [0.05, 0.1) is 20.6 Å². The number of hydrogen-bond acceptors (Lipinski definition) is 3. The number of aryl methyl sites for hydroxylation is 1. The van der Waals surface area contributed by atoms with Crippen LogP contribution in [0.5, 0.6) is 11.5 Å². The first-order valence-corrected chi connectivity index (χ1v) is 8.16. The molecule has 3 aromatic rings. The van der Waals surface area contributed by atoms with Crippen molar-refractivity contribution in [1.29, 1.82) is 0 Å². The third-order valence-corrected chi connectivity index (χ3v) is 4.32. The van der Waals surface area contributed by atoms with Crippen molar-refractivity contribution in [2.45, 2.75) is 19.9 Å². The van der Waals surface area contributed by atoms with Gasteiger partial charge in [0.15, 0.2) is 11.5 Å². The molecule has 0 aliphatic carbocycles. The van der Waals surface area contributed by atoms with E-state index in [2.05, 4.69) is 10.3 Å². The Morgan fingerprint density at radius 2 is 1.88 bits per heavy atom. The minimum Gasteiger partial charge on any atom is -0.493 e. The largest absolute Gasteiger partial charge is 0.493 e. The number of nitrogens with one attached hydrogen (secondary N) is 2. The van der Waals surface area contributed by atoms with Crippen molar-refractivity contribution >= 4 is 16.8 Å². The van der Waals surface area contributed by atoms with Gasteiger partial charge in [0.1, 0.15) is 0 Å². The van der Waals surface area contributed by atoms with Gasteiger partial charge in [-0.05, 0) is 24.6 Å². The molecule has 0 spiro atoms. The molecule has 5 nitrogen and oxygen atoms in total. The van der Waals surface area contributed by atoms with Crippen LogP contribution in [0, 0.1) is 6.92 Å². The molecular weight excluding hydrogens is 316 g/mol. The molecule has 0 unspecified atom stereocenters. The molecule has 0 fully saturated rings. The molecule has 0 saturated carbocycles. The molecule has 0 saturated heterocycles. The van der Waals surface area contributed by atoms with Crippen LogP contribution in [0.1, 0.15) is 16.8 Å². The molecule has 3 rings (SSSR count). The summed E-state index contributed by atoms with van der Waals surface area (Å²) in [6, 6.07) is 13.7. The van der Waals surface area contributed by atoms with E-state index in [0.29, 0.717) is 24.5 Å². The number of benzene rings is 2. The topological polar surface area (TPSA) is 63.3 Å². The highest BCUT2D eigenvalue weighted by Crippen LogP contribution is 2.30. The maximum absolute atomic E-state index is 12.4. The van der Waals surface area contributed by atoms with Gasteiger partial charge in [-0.2, -0.15) is 0 Å². The van der Waals surface area contributed by atoms with Crippen LogP contribution in [0.2, 0.25) is 0 Å². The molecule has 0 aliphatic rings. The molecule has 25 heavy (non-hydrogen) atoms. The zero-order chi connectivity index (χ0) is 17.8. The minimum atomic E-state index is -0.0299. The van der Waals surface area contributed by atoms with Gasteiger partial charge < -0.3 is 19.8 Å².